The zero-order chi connectivity index (χ0) is 17.7. The molecule has 0 bridgehead atoms. The average Bonchev–Trinajstić information content (AvgIpc) is 3.14. The van der Waals surface area contributed by atoms with Gasteiger partial charge in [-0.15, -0.1) is 10.2 Å². The van der Waals surface area contributed by atoms with Crippen LogP contribution in [0.3, 0.4) is 0 Å². The monoisotopic (exact) mass is 470 g/mol. The molecular formula is C15H15IN6O2S. The molecule has 2 aromatic heterocycles. The maximum absolute atomic E-state index is 12.2. The molecule has 0 amide bonds. The third-order valence-electron chi connectivity index (χ3n) is 3.24. The number of sulfonamides is 1. The second-order valence-corrected chi connectivity index (χ2v) is 8.02. The van der Waals surface area contributed by atoms with E-state index in [2.05, 4.69) is 47.9 Å². The highest BCUT2D eigenvalue weighted by Gasteiger charge is 2.12. The van der Waals surface area contributed by atoms with Crippen LogP contribution >= 0.6 is 22.6 Å². The summed E-state index contributed by atoms with van der Waals surface area (Å²) in [7, 11) is -3.51. The van der Waals surface area contributed by atoms with Crippen molar-refractivity contribution in [3.63, 3.8) is 0 Å². The van der Waals surface area contributed by atoms with Crippen molar-refractivity contribution in [2.24, 2.45) is 0 Å². The van der Waals surface area contributed by atoms with E-state index in [9.17, 15) is 8.42 Å². The first-order chi connectivity index (χ1) is 12.0. The number of anilines is 1. The van der Waals surface area contributed by atoms with E-state index in [1.165, 1.54) is 0 Å². The van der Waals surface area contributed by atoms with Crippen LogP contribution in [-0.4, -0.2) is 41.5 Å². The molecule has 0 fully saturated rings. The Morgan fingerprint density at radius 3 is 2.48 bits per heavy atom. The molecule has 0 radical (unpaired) electrons. The highest BCUT2D eigenvalue weighted by molar-refractivity contribution is 14.1. The molecule has 3 aromatic rings. The predicted molar refractivity (Wildman–Crippen MR) is 102 cm³/mol. The Morgan fingerprint density at radius 2 is 1.84 bits per heavy atom. The van der Waals surface area contributed by atoms with E-state index in [-0.39, 0.29) is 11.4 Å². The van der Waals surface area contributed by atoms with Crippen LogP contribution in [0.2, 0.25) is 0 Å². The number of nitrogens with zero attached hydrogens (tertiary/aromatic N) is 4. The smallest absolute Gasteiger partial charge is 0.240 e. The van der Waals surface area contributed by atoms with E-state index in [4.69, 9.17) is 0 Å². The number of rotatable bonds is 7. The van der Waals surface area contributed by atoms with Gasteiger partial charge in [-0.05, 0) is 65.1 Å². The zero-order valence-corrected chi connectivity index (χ0v) is 16.0. The Balaban J connectivity index is 1.50. The molecule has 0 aliphatic rings. The minimum atomic E-state index is -3.51. The van der Waals surface area contributed by atoms with Gasteiger partial charge in [0, 0.05) is 29.1 Å². The minimum absolute atomic E-state index is 0.233. The number of hydrogen-bond donors (Lipinski definition) is 2. The minimum Gasteiger partial charge on any atom is -0.367 e. The van der Waals surface area contributed by atoms with Gasteiger partial charge in [0.05, 0.1) is 4.90 Å². The van der Waals surface area contributed by atoms with E-state index < -0.39 is 10.0 Å². The lowest BCUT2D eigenvalue weighted by Crippen LogP contribution is -2.29. The third kappa shape index (κ3) is 4.74. The molecule has 0 aliphatic carbocycles. The van der Waals surface area contributed by atoms with Crippen LogP contribution in [0, 0.1) is 3.57 Å². The fourth-order valence-corrected chi connectivity index (χ4v) is 3.41. The quantitative estimate of drug-likeness (QED) is 0.403. The second-order valence-electron chi connectivity index (χ2n) is 5.01. The van der Waals surface area contributed by atoms with Gasteiger partial charge in [-0.3, -0.25) is 0 Å². The van der Waals surface area contributed by atoms with Gasteiger partial charge in [0.1, 0.15) is 5.82 Å². The van der Waals surface area contributed by atoms with Gasteiger partial charge in [-0.1, -0.05) is 0 Å². The fraction of sp³-hybridized carbons (Fsp3) is 0.133. The van der Waals surface area contributed by atoms with Gasteiger partial charge in [-0.2, -0.15) is 5.10 Å². The Labute approximate surface area is 158 Å². The molecule has 130 valence electrons. The molecule has 25 heavy (non-hydrogen) atoms. The molecule has 0 atom stereocenters. The molecule has 0 saturated carbocycles. The van der Waals surface area contributed by atoms with Crippen molar-refractivity contribution in [2.45, 2.75) is 4.90 Å². The highest BCUT2D eigenvalue weighted by atomic mass is 127. The zero-order valence-electron chi connectivity index (χ0n) is 13.0. The normalized spacial score (nSPS) is 11.4. The molecule has 2 heterocycles. The number of benzene rings is 1. The van der Waals surface area contributed by atoms with E-state index in [0.29, 0.717) is 18.2 Å². The topological polar surface area (TPSA) is 102 Å². The van der Waals surface area contributed by atoms with Crippen LogP contribution in [0.15, 0.2) is 59.8 Å². The van der Waals surface area contributed by atoms with Crippen LogP contribution in [0.1, 0.15) is 0 Å². The number of hydrogen-bond acceptors (Lipinski definition) is 6. The van der Waals surface area contributed by atoms with Gasteiger partial charge in [-0.25, -0.2) is 17.8 Å². The third-order valence-corrected chi connectivity index (χ3v) is 5.43. The van der Waals surface area contributed by atoms with Crippen LogP contribution in [0.5, 0.6) is 0 Å². The first-order valence-electron chi connectivity index (χ1n) is 7.37. The van der Waals surface area contributed by atoms with E-state index in [0.717, 1.165) is 3.57 Å². The summed E-state index contributed by atoms with van der Waals surface area (Å²) >= 11 is 2.13. The molecule has 8 nitrogen and oxygen atoms in total. The standard InChI is InChI=1S/C15H15IN6O2S/c16-12-2-4-13(5-3-12)25(23,24)19-10-9-17-14-6-7-15(21-20-14)22-11-1-8-18-22/h1-8,11,19H,9-10H2,(H,17,20). The summed E-state index contributed by atoms with van der Waals surface area (Å²) in [5, 5.41) is 15.2. The van der Waals surface area contributed by atoms with Crippen LogP contribution in [0.4, 0.5) is 5.82 Å². The van der Waals surface area contributed by atoms with Crippen molar-refractivity contribution in [1.29, 1.82) is 0 Å². The van der Waals surface area contributed by atoms with Crippen LogP contribution in [-0.2, 0) is 10.0 Å². The van der Waals surface area contributed by atoms with Crippen molar-refractivity contribution in [1.82, 2.24) is 24.7 Å². The van der Waals surface area contributed by atoms with E-state index in [1.54, 1.807) is 59.5 Å². The Morgan fingerprint density at radius 1 is 1.04 bits per heavy atom. The number of aromatic nitrogens is 4. The summed E-state index contributed by atoms with van der Waals surface area (Å²) in [4.78, 5) is 0.247. The molecule has 0 spiro atoms. The molecule has 0 saturated heterocycles. The summed E-state index contributed by atoms with van der Waals surface area (Å²) < 4.78 is 29.4. The lowest BCUT2D eigenvalue weighted by molar-refractivity contribution is 0.583. The van der Waals surface area contributed by atoms with Gasteiger partial charge >= 0.3 is 0 Å². The van der Waals surface area contributed by atoms with Gasteiger partial charge < -0.3 is 5.32 Å². The van der Waals surface area contributed by atoms with Crippen molar-refractivity contribution >= 4 is 38.4 Å². The molecule has 0 unspecified atom stereocenters. The summed E-state index contributed by atoms with van der Waals surface area (Å²) in [6, 6.07) is 12.0. The van der Waals surface area contributed by atoms with Gasteiger partial charge in [0.15, 0.2) is 5.82 Å². The second kappa shape index (κ2) is 7.89. The number of halogens is 1. The molecule has 1 aromatic carbocycles. The van der Waals surface area contributed by atoms with E-state index in [1.807, 2.05) is 0 Å². The lowest BCUT2D eigenvalue weighted by Gasteiger charge is -2.08. The summed E-state index contributed by atoms with van der Waals surface area (Å²) in [6.07, 6.45) is 3.43. The summed E-state index contributed by atoms with van der Waals surface area (Å²) in [5.74, 6) is 1.17. The predicted octanol–water partition coefficient (Wildman–Crippen LogP) is 1.66. The van der Waals surface area contributed by atoms with Crippen molar-refractivity contribution in [3.8, 4) is 5.82 Å². The Kier molecular flexibility index (Phi) is 5.60. The first-order valence-corrected chi connectivity index (χ1v) is 9.94. The van der Waals surface area contributed by atoms with Crippen LogP contribution in [0.25, 0.3) is 5.82 Å². The molecule has 0 aliphatic heterocycles. The lowest BCUT2D eigenvalue weighted by atomic mass is 10.4. The van der Waals surface area contributed by atoms with Gasteiger partial charge in [0.2, 0.25) is 10.0 Å². The SMILES string of the molecule is O=S(=O)(NCCNc1ccc(-n2cccn2)nn1)c1ccc(I)cc1. The van der Waals surface area contributed by atoms with Crippen molar-refractivity contribution < 1.29 is 8.42 Å². The van der Waals surface area contributed by atoms with Crippen molar-refractivity contribution in [2.75, 3.05) is 18.4 Å². The highest BCUT2D eigenvalue weighted by Crippen LogP contribution is 2.11. The Bertz CT molecular complexity index is 912. The fourth-order valence-electron chi connectivity index (χ4n) is 2.02. The number of nitrogens with one attached hydrogen (secondary N) is 2. The maximum Gasteiger partial charge on any atom is 0.240 e. The maximum atomic E-state index is 12.2. The average molecular weight is 470 g/mol. The summed E-state index contributed by atoms with van der Waals surface area (Å²) in [6.45, 7) is 0.621. The van der Waals surface area contributed by atoms with Crippen molar-refractivity contribution in [3.05, 3.63) is 58.4 Å². The largest absolute Gasteiger partial charge is 0.367 e. The molecule has 2 N–H and O–H groups in total. The summed E-state index contributed by atoms with van der Waals surface area (Å²) in [5.41, 5.74) is 0. The molecular weight excluding hydrogens is 455 g/mol. The first kappa shape index (κ1) is 17.8. The van der Waals surface area contributed by atoms with Gasteiger partial charge in [0.25, 0.3) is 0 Å². The molecule has 3 rings (SSSR count). The molecule has 10 heteroatoms. The van der Waals surface area contributed by atoms with E-state index >= 15 is 0 Å². The van der Waals surface area contributed by atoms with Crippen LogP contribution < -0.4 is 10.0 Å². The Hall–Kier alpha value is -2.05.